The molecule has 8 heteroatoms. The molecule has 1 aromatic heterocycles. The minimum atomic E-state index is -0.113. The van der Waals surface area contributed by atoms with Crippen LogP contribution in [0, 0.1) is 11.8 Å². The largest absolute Gasteiger partial charge is 0.381 e. The normalized spacial score (nSPS) is 29.2. The van der Waals surface area contributed by atoms with Gasteiger partial charge in [0.1, 0.15) is 0 Å². The number of carbonyl (C=O) groups excluding carboxylic acids is 1. The summed E-state index contributed by atoms with van der Waals surface area (Å²) in [6, 6.07) is 0.850. The van der Waals surface area contributed by atoms with Gasteiger partial charge < -0.3 is 10.1 Å². The van der Waals surface area contributed by atoms with Crippen molar-refractivity contribution in [2.45, 2.75) is 37.8 Å². The van der Waals surface area contributed by atoms with Crippen molar-refractivity contribution in [3.63, 3.8) is 0 Å². The fourth-order valence-corrected chi connectivity index (χ4v) is 3.92. The maximum atomic E-state index is 12.3. The molecule has 2 saturated heterocycles. The van der Waals surface area contributed by atoms with Crippen LogP contribution in [-0.4, -0.2) is 64.6 Å². The van der Waals surface area contributed by atoms with Gasteiger partial charge >= 0.3 is 0 Å². The van der Waals surface area contributed by atoms with Gasteiger partial charge in [0.15, 0.2) is 5.69 Å². The number of nitrogens with zero attached hydrogens (tertiary/aromatic N) is 3. The number of halogens is 1. The van der Waals surface area contributed by atoms with Gasteiger partial charge in [0, 0.05) is 38.4 Å². The van der Waals surface area contributed by atoms with Crippen LogP contribution in [0.3, 0.4) is 0 Å². The molecule has 3 heterocycles. The molecule has 0 aromatic carbocycles. The van der Waals surface area contributed by atoms with Crippen LogP contribution in [0.2, 0.25) is 0 Å². The van der Waals surface area contributed by atoms with Gasteiger partial charge in [-0.25, -0.2) is 0 Å². The number of rotatable bonds is 4. The topological polar surface area (TPSA) is 83.1 Å². The molecular formula is C15H24ClN5O2. The Hall–Kier alpha value is -1.18. The Labute approximate surface area is 141 Å². The summed E-state index contributed by atoms with van der Waals surface area (Å²) in [6.45, 7) is 3.80. The van der Waals surface area contributed by atoms with Crippen molar-refractivity contribution in [1.29, 1.82) is 0 Å². The summed E-state index contributed by atoms with van der Waals surface area (Å²) in [4.78, 5) is 14.8. The van der Waals surface area contributed by atoms with Gasteiger partial charge in [-0.2, -0.15) is 15.4 Å². The van der Waals surface area contributed by atoms with Crippen LogP contribution in [0.4, 0.5) is 0 Å². The molecule has 1 aromatic rings. The zero-order valence-electron chi connectivity index (χ0n) is 13.1. The van der Waals surface area contributed by atoms with E-state index in [1.807, 2.05) is 0 Å². The Morgan fingerprint density at radius 3 is 2.70 bits per heavy atom. The number of aromatic amines is 1. The summed E-state index contributed by atoms with van der Waals surface area (Å²) < 4.78 is 5.47. The van der Waals surface area contributed by atoms with E-state index in [0.29, 0.717) is 17.7 Å². The highest BCUT2D eigenvalue weighted by Gasteiger charge is 2.44. The Morgan fingerprint density at radius 2 is 2.04 bits per heavy atom. The van der Waals surface area contributed by atoms with Crippen LogP contribution in [0.25, 0.3) is 0 Å². The Balaban J connectivity index is 0.00000156. The third kappa shape index (κ3) is 3.67. The lowest BCUT2D eigenvalue weighted by Crippen LogP contribution is -2.43. The number of hydrogen-bond acceptors (Lipinski definition) is 5. The lowest BCUT2D eigenvalue weighted by atomic mass is 9.98. The number of hydrogen-bond donors (Lipinski definition) is 2. The monoisotopic (exact) mass is 341 g/mol. The van der Waals surface area contributed by atoms with E-state index in [9.17, 15) is 4.79 Å². The van der Waals surface area contributed by atoms with Gasteiger partial charge in [-0.05, 0) is 37.5 Å². The Kier molecular flexibility index (Phi) is 5.18. The minimum absolute atomic E-state index is 0. The molecule has 2 atom stereocenters. The van der Waals surface area contributed by atoms with Crippen molar-refractivity contribution in [2.24, 2.45) is 11.8 Å². The van der Waals surface area contributed by atoms with E-state index in [0.717, 1.165) is 45.1 Å². The van der Waals surface area contributed by atoms with Gasteiger partial charge in [0.25, 0.3) is 5.91 Å². The number of H-pyrrole nitrogens is 1. The standard InChI is InChI=1S/C15H23N5O2.ClH/c21-15(13-7-16-19-18-13)17-14-9-20(8-12(14)10-1-2-10)11-3-5-22-6-4-11;/h7,10-12,14H,1-6,8-9H2,(H,17,21)(H,16,18,19);1H/t12-,14+;/m1./s1. The van der Waals surface area contributed by atoms with Crippen LogP contribution in [0.5, 0.6) is 0 Å². The summed E-state index contributed by atoms with van der Waals surface area (Å²) in [5.41, 5.74) is 0.374. The molecule has 128 valence electrons. The van der Waals surface area contributed by atoms with Crippen molar-refractivity contribution in [2.75, 3.05) is 26.3 Å². The van der Waals surface area contributed by atoms with E-state index < -0.39 is 0 Å². The Morgan fingerprint density at radius 1 is 1.26 bits per heavy atom. The average Bonchev–Trinajstić information content (AvgIpc) is 3.09. The Bertz CT molecular complexity index is 516. The maximum Gasteiger partial charge on any atom is 0.273 e. The number of carbonyl (C=O) groups is 1. The molecule has 2 N–H and O–H groups in total. The minimum Gasteiger partial charge on any atom is -0.381 e. The van der Waals surface area contributed by atoms with E-state index in [2.05, 4.69) is 25.6 Å². The van der Waals surface area contributed by atoms with Crippen LogP contribution in [-0.2, 0) is 4.74 Å². The van der Waals surface area contributed by atoms with Crippen molar-refractivity contribution in [3.05, 3.63) is 11.9 Å². The predicted molar refractivity (Wildman–Crippen MR) is 86.5 cm³/mol. The third-order valence-electron chi connectivity index (χ3n) is 5.29. The fraction of sp³-hybridized carbons (Fsp3) is 0.800. The van der Waals surface area contributed by atoms with Crippen LogP contribution in [0.15, 0.2) is 6.20 Å². The van der Waals surface area contributed by atoms with Gasteiger partial charge in [-0.3, -0.25) is 9.69 Å². The zero-order chi connectivity index (χ0) is 14.9. The molecule has 1 aliphatic carbocycles. The number of aromatic nitrogens is 3. The third-order valence-corrected chi connectivity index (χ3v) is 5.29. The highest BCUT2D eigenvalue weighted by atomic mass is 35.5. The highest BCUT2D eigenvalue weighted by Crippen LogP contribution is 2.42. The number of nitrogens with one attached hydrogen (secondary N) is 2. The molecule has 0 radical (unpaired) electrons. The molecule has 0 unspecified atom stereocenters. The molecule has 2 aliphatic heterocycles. The van der Waals surface area contributed by atoms with Crippen LogP contribution < -0.4 is 5.32 Å². The first-order valence-electron chi connectivity index (χ1n) is 8.29. The van der Waals surface area contributed by atoms with Crippen LogP contribution >= 0.6 is 12.4 Å². The predicted octanol–water partition coefficient (Wildman–Crippen LogP) is 0.846. The van der Waals surface area contributed by atoms with E-state index in [1.54, 1.807) is 0 Å². The smallest absolute Gasteiger partial charge is 0.273 e. The van der Waals surface area contributed by atoms with Crippen LogP contribution in [0.1, 0.15) is 36.2 Å². The average molecular weight is 342 g/mol. The van der Waals surface area contributed by atoms with Crippen molar-refractivity contribution >= 4 is 18.3 Å². The molecule has 3 fully saturated rings. The molecule has 4 rings (SSSR count). The summed E-state index contributed by atoms with van der Waals surface area (Å²) in [7, 11) is 0. The van der Waals surface area contributed by atoms with Gasteiger partial charge in [-0.15, -0.1) is 12.4 Å². The zero-order valence-corrected chi connectivity index (χ0v) is 13.9. The molecule has 0 bridgehead atoms. The van der Waals surface area contributed by atoms with Crippen molar-refractivity contribution in [3.8, 4) is 0 Å². The van der Waals surface area contributed by atoms with Gasteiger partial charge in [-0.1, -0.05) is 0 Å². The van der Waals surface area contributed by atoms with E-state index >= 15 is 0 Å². The number of amides is 1. The number of ether oxygens (including phenoxy) is 1. The highest BCUT2D eigenvalue weighted by molar-refractivity contribution is 5.92. The van der Waals surface area contributed by atoms with E-state index in [4.69, 9.17) is 4.74 Å². The first kappa shape index (κ1) is 16.7. The SMILES string of the molecule is Cl.O=C(N[C@H]1CN(C2CCOCC2)C[C@@H]1C1CC1)c1cn[nH]n1. The number of likely N-dealkylation sites (tertiary alicyclic amines) is 1. The summed E-state index contributed by atoms with van der Waals surface area (Å²) >= 11 is 0. The second-order valence-electron chi connectivity index (χ2n) is 6.73. The van der Waals surface area contributed by atoms with Crippen molar-refractivity contribution < 1.29 is 9.53 Å². The second-order valence-corrected chi connectivity index (χ2v) is 6.73. The molecular weight excluding hydrogens is 318 g/mol. The van der Waals surface area contributed by atoms with Gasteiger partial charge in [0.2, 0.25) is 0 Å². The molecule has 3 aliphatic rings. The lowest BCUT2D eigenvalue weighted by molar-refractivity contribution is 0.0404. The quantitative estimate of drug-likeness (QED) is 0.848. The summed E-state index contributed by atoms with van der Waals surface area (Å²) in [5, 5.41) is 13.3. The molecule has 1 saturated carbocycles. The second kappa shape index (κ2) is 7.15. The first-order chi connectivity index (χ1) is 10.8. The molecule has 23 heavy (non-hydrogen) atoms. The molecule has 0 spiro atoms. The van der Waals surface area contributed by atoms with E-state index in [-0.39, 0.29) is 24.4 Å². The molecule has 1 amide bonds. The maximum absolute atomic E-state index is 12.3. The lowest BCUT2D eigenvalue weighted by Gasteiger charge is -2.31. The fourth-order valence-electron chi connectivity index (χ4n) is 3.92. The van der Waals surface area contributed by atoms with Crippen molar-refractivity contribution in [1.82, 2.24) is 25.6 Å². The first-order valence-corrected chi connectivity index (χ1v) is 8.29. The summed E-state index contributed by atoms with van der Waals surface area (Å²) in [5.74, 6) is 1.25. The van der Waals surface area contributed by atoms with E-state index in [1.165, 1.54) is 19.0 Å². The summed E-state index contributed by atoms with van der Waals surface area (Å²) in [6.07, 6.45) is 6.32. The molecule has 7 nitrogen and oxygen atoms in total. The van der Waals surface area contributed by atoms with Gasteiger partial charge in [0.05, 0.1) is 6.20 Å².